The van der Waals surface area contributed by atoms with Crippen molar-refractivity contribution < 1.29 is 9.47 Å². The van der Waals surface area contributed by atoms with Gasteiger partial charge in [0.1, 0.15) is 17.3 Å². The molecule has 0 N–H and O–H groups in total. The minimum absolute atomic E-state index is 0.0204. The SMILES string of the molecule is C=C1N2CC3C=C(OC)C=C(OC)C3C(C)C=C2C2(CCN(Cc3cccc4nccnc34)CC2)N1CC. The summed E-state index contributed by atoms with van der Waals surface area (Å²) in [6, 6.07) is 6.33. The van der Waals surface area contributed by atoms with E-state index in [0.717, 1.165) is 73.9 Å². The van der Waals surface area contributed by atoms with E-state index < -0.39 is 0 Å². The second-order valence-electron chi connectivity index (χ2n) is 11.0. The van der Waals surface area contributed by atoms with Crippen molar-refractivity contribution in [2.45, 2.75) is 38.8 Å². The Balaban J connectivity index is 1.28. The second kappa shape index (κ2) is 9.77. The van der Waals surface area contributed by atoms with E-state index >= 15 is 0 Å². The van der Waals surface area contributed by atoms with E-state index in [4.69, 9.17) is 9.47 Å². The molecule has 1 aromatic heterocycles. The summed E-state index contributed by atoms with van der Waals surface area (Å²) in [6.45, 7) is 14.0. The van der Waals surface area contributed by atoms with Gasteiger partial charge in [-0.15, -0.1) is 0 Å². The number of likely N-dealkylation sites (tertiary alicyclic amines) is 1. The summed E-state index contributed by atoms with van der Waals surface area (Å²) in [5.41, 5.74) is 4.65. The number of hydrogen-bond donors (Lipinski definition) is 0. The molecule has 7 heteroatoms. The molecule has 2 saturated heterocycles. The zero-order valence-electron chi connectivity index (χ0n) is 23.1. The first-order valence-corrected chi connectivity index (χ1v) is 13.9. The molecule has 7 nitrogen and oxygen atoms in total. The average molecular weight is 514 g/mol. The van der Waals surface area contributed by atoms with Gasteiger partial charge in [0.2, 0.25) is 0 Å². The number of methoxy groups -OCH3 is 2. The van der Waals surface area contributed by atoms with E-state index in [0.29, 0.717) is 17.8 Å². The Hall–Kier alpha value is -3.32. The molecule has 1 aromatic carbocycles. The van der Waals surface area contributed by atoms with E-state index in [9.17, 15) is 0 Å². The fourth-order valence-corrected chi connectivity index (χ4v) is 7.39. The maximum absolute atomic E-state index is 5.89. The van der Waals surface area contributed by atoms with Crippen LogP contribution < -0.4 is 0 Å². The van der Waals surface area contributed by atoms with E-state index in [1.54, 1.807) is 26.6 Å². The van der Waals surface area contributed by atoms with Crippen LogP contribution in [0.2, 0.25) is 0 Å². The van der Waals surface area contributed by atoms with Crippen LogP contribution in [0.4, 0.5) is 0 Å². The highest BCUT2D eigenvalue weighted by Gasteiger charge is 2.53. The number of para-hydroxylation sites is 1. The largest absolute Gasteiger partial charge is 0.501 e. The van der Waals surface area contributed by atoms with Gasteiger partial charge in [0.25, 0.3) is 0 Å². The molecule has 0 bridgehead atoms. The summed E-state index contributed by atoms with van der Waals surface area (Å²) in [6.07, 6.45) is 12.6. The Bertz CT molecular complexity index is 1320. The molecule has 2 aromatic rings. The van der Waals surface area contributed by atoms with Crippen LogP contribution in [0.5, 0.6) is 0 Å². The number of ether oxygens (including phenoxy) is 2. The van der Waals surface area contributed by atoms with Gasteiger partial charge in [-0.05, 0) is 43.4 Å². The summed E-state index contributed by atoms with van der Waals surface area (Å²) in [5.74, 6) is 3.97. The van der Waals surface area contributed by atoms with E-state index in [1.165, 1.54) is 11.3 Å². The number of rotatable bonds is 5. The third kappa shape index (κ3) is 3.90. The van der Waals surface area contributed by atoms with Crippen molar-refractivity contribution in [1.29, 1.82) is 0 Å². The molecule has 1 spiro atoms. The van der Waals surface area contributed by atoms with Crippen molar-refractivity contribution in [3.8, 4) is 0 Å². The Labute approximate surface area is 226 Å². The average Bonchev–Trinajstić information content (AvgIpc) is 3.04. The highest BCUT2D eigenvalue weighted by atomic mass is 16.5. The molecule has 1 aliphatic carbocycles. The molecule has 6 rings (SSSR count). The summed E-state index contributed by atoms with van der Waals surface area (Å²) >= 11 is 0. The minimum atomic E-state index is -0.0204. The van der Waals surface area contributed by atoms with E-state index in [1.807, 2.05) is 6.07 Å². The molecular weight excluding hydrogens is 474 g/mol. The highest BCUT2D eigenvalue weighted by molar-refractivity contribution is 5.77. The Kier molecular flexibility index (Phi) is 6.42. The second-order valence-corrected chi connectivity index (χ2v) is 11.0. The molecule has 4 heterocycles. The first-order valence-electron chi connectivity index (χ1n) is 13.9. The van der Waals surface area contributed by atoms with E-state index in [2.05, 4.69) is 75.5 Å². The van der Waals surface area contributed by atoms with Gasteiger partial charge in [-0.25, -0.2) is 0 Å². The predicted octanol–water partition coefficient (Wildman–Crippen LogP) is 4.91. The summed E-state index contributed by atoms with van der Waals surface area (Å²) < 4.78 is 11.5. The zero-order valence-corrected chi connectivity index (χ0v) is 23.1. The number of aromatic nitrogens is 2. The maximum atomic E-state index is 5.89. The summed E-state index contributed by atoms with van der Waals surface area (Å²) in [4.78, 5) is 16.8. The van der Waals surface area contributed by atoms with Crippen LogP contribution >= 0.6 is 0 Å². The molecule has 3 aliphatic heterocycles. The topological polar surface area (TPSA) is 54.0 Å². The van der Waals surface area contributed by atoms with Crippen molar-refractivity contribution in [1.82, 2.24) is 24.7 Å². The predicted molar refractivity (Wildman–Crippen MR) is 149 cm³/mol. The standard InChI is InChI=1S/C31H39N5O2/c1-6-36-22(3)35-20-24-17-25(37-4)18-27(38-5)29(24)21(2)16-28(35)31(36)10-14-34(15-11-31)19-23-8-7-9-26-30(23)33-13-12-32-26/h7-9,12-13,16-18,21,24,29H,3,6,10-11,14-15,19-20H2,1-2,4-5H3. The summed E-state index contributed by atoms with van der Waals surface area (Å²) in [5, 5.41) is 0. The van der Waals surface area contributed by atoms with Gasteiger partial charge < -0.3 is 19.3 Å². The van der Waals surface area contributed by atoms with Crippen molar-refractivity contribution >= 4 is 11.0 Å². The fourth-order valence-electron chi connectivity index (χ4n) is 7.39. The molecule has 3 atom stereocenters. The van der Waals surface area contributed by atoms with Gasteiger partial charge in [-0.3, -0.25) is 14.9 Å². The fraction of sp³-hybridized carbons (Fsp3) is 0.484. The summed E-state index contributed by atoms with van der Waals surface area (Å²) in [7, 11) is 3.52. The van der Waals surface area contributed by atoms with Gasteiger partial charge in [0.15, 0.2) is 0 Å². The first kappa shape index (κ1) is 25.0. The van der Waals surface area contributed by atoms with Crippen LogP contribution in [0.15, 0.2) is 78.4 Å². The number of fused-ring (bicyclic) bond motifs is 4. The highest BCUT2D eigenvalue weighted by Crippen LogP contribution is 2.51. The molecule has 2 fully saturated rings. The minimum Gasteiger partial charge on any atom is -0.501 e. The van der Waals surface area contributed by atoms with Gasteiger partial charge in [-0.2, -0.15) is 0 Å². The van der Waals surface area contributed by atoms with Gasteiger partial charge in [0.05, 0.1) is 30.8 Å². The Morgan fingerprint density at radius 1 is 1.08 bits per heavy atom. The third-order valence-electron chi connectivity index (χ3n) is 9.19. The van der Waals surface area contributed by atoms with Crippen LogP contribution in [-0.4, -0.2) is 70.6 Å². The molecule has 0 amide bonds. The third-order valence-corrected chi connectivity index (χ3v) is 9.19. The lowest BCUT2D eigenvalue weighted by Crippen LogP contribution is -2.52. The Morgan fingerprint density at radius 2 is 1.87 bits per heavy atom. The van der Waals surface area contributed by atoms with Crippen LogP contribution in [0.3, 0.4) is 0 Å². The molecule has 200 valence electrons. The van der Waals surface area contributed by atoms with Crippen LogP contribution in [-0.2, 0) is 16.0 Å². The number of piperidine rings is 1. The van der Waals surface area contributed by atoms with Gasteiger partial charge >= 0.3 is 0 Å². The molecule has 38 heavy (non-hydrogen) atoms. The van der Waals surface area contributed by atoms with Crippen molar-refractivity contribution in [3.63, 3.8) is 0 Å². The number of benzene rings is 1. The van der Waals surface area contributed by atoms with Crippen molar-refractivity contribution in [3.05, 3.63) is 84.0 Å². The number of likely N-dealkylation sites (N-methyl/N-ethyl adjacent to an activating group) is 1. The number of allylic oxidation sites excluding steroid dienone is 3. The van der Waals surface area contributed by atoms with Crippen molar-refractivity contribution in [2.75, 3.05) is 40.4 Å². The lowest BCUT2D eigenvalue weighted by atomic mass is 9.77. The normalized spacial score (nSPS) is 26.9. The van der Waals surface area contributed by atoms with Crippen molar-refractivity contribution in [2.24, 2.45) is 17.8 Å². The molecule has 4 aliphatic rings. The first-order chi connectivity index (χ1) is 18.5. The van der Waals surface area contributed by atoms with Crippen LogP contribution in [0.1, 0.15) is 32.3 Å². The Morgan fingerprint density at radius 3 is 2.61 bits per heavy atom. The zero-order chi connectivity index (χ0) is 26.4. The maximum Gasteiger partial charge on any atom is 0.118 e. The van der Waals surface area contributed by atoms with Gasteiger partial charge in [-0.1, -0.05) is 31.7 Å². The molecule has 0 radical (unpaired) electrons. The monoisotopic (exact) mass is 513 g/mol. The van der Waals surface area contributed by atoms with Crippen LogP contribution in [0.25, 0.3) is 11.0 Å². The van der Waals surface area contributed by atoms with E-state index in [-0.39, 0.29) is 5.54 Å². The number of nitrogens with zero attached hydrogens (tertiary/aromatic N) is 5. The van der Waals surface area contributed by atoms with Gasteiger partial charge in [0, 0.05) is 68.7 Å². The van der Waals surface area contributed by atoms with Crippen LogP contribution in [0, 0.1) is 17.8 Å². The smallest absolute Gasteiger partial charge is 0.118 e. The molecule has 3 unspecified atom stereocenters. The number of hydrogen-bond acceptors (Lipinski definition) is 7. The molecular formula is C31H39N5O2. The quantitative estimate of drug-likeness (QED) is 0.563. The lowest BCUT2D eigenvalue weighted by molar-refractivity contribution is 0.0887. The lowest BCUT2D eigenvalue weighted by Gasteiger charge is -2.45. The molecule has 0 saturated carbocycles.